The van der Waals surface area contributed by atoms with Crippen molar-refractivity contribution >= 4 is 27.7 Å². The second-order valence-corrected chi connectivity index (χ2v) is 9.23. The summed E-state index contributed by atoms with van der Waals surface area (Å²) in [4.78, 5) is 14.4. The Bertz CT molecular complexity index is 792. The number of carbonyl (C=O) groups is 1. The van der Waals surface area contributed by atoms with E-state index in [0.29, 0.717) is 11.6 Å². The Balaban J connectivity index is 1.60. The molecular weight excluding hydrogens is 362 g/mol. The fourth-order valence-corrected chi connectivity index (χ4v) is 5.78. The van der Waals surface area contributed by atoms with Crippen molar-refractivity contribution in [2.24, 2.45) is 0 Å². The monoisotopic (exact) mass is 383 g/mol. The van der Waals surface area contributed by atoms with E-state index < -0.39 is 10.2 Å². The van der Waals surface area contributed by atoms with Gasteiger partial charge >= 0.3 is 0 Å². The maximum Gasteiger partial charge on any atom is 0.280 e. The van der Waals surface area contributed by atoms with Crippen LogP contribution in [0.1, 0.15) is 42.9 Å². The van der Waals surface area contributed by atoms with Gasteiger partial charge in [0, 0.05) is 24.2 Å². The predicted molar refractivity (Wildman–Crippen MR) is 95.5 cm³/mol. The summed E-state index contributed by atoms with van der Waals surface area (Å²) in [6.07, 6.45) is 4.62. The fraction of sp³-hybridized carbons (Fsp3) is 0.588. The number of benzene rings is 1. The minimum Gasteiger partial charge on any atom is -0.333 e. The number of nitrogens with one attached hydrogen (secondary N) is 1. The lowest BCUT2D eigenvalue weighted by Gasteiger charge is -2.44. The van der Waals surface area contributed by atoms with Gasteiger partial charge < -0.3 is 4.90 Å². The van der Waals surface area contributed by atoms with Gasteiger partial charge in [-0.3, -0.25) is 4.79 Å². The van der Waals surface area contributed by atoms with Gasteiger partial charge in [0.2, 0.25) is 5.91 Å². The Kier molecular flexibility index (Phi) is 4.52. The van der Waals surface area contributed by atoms with E-state index in [0.717, 1.165) is 43.2 Å². The molecule has 0 radical (unpaired) electrons. The number of hydrogen-bond donors (Lipinski definition) is 1. The van der Waals surface area contributed by atoms with Crippen molar-refractivity contribution in [1.82, 2.24) is 13.9 Å². The van der Waals surface area contributed by atoms with Crippen LogP contribution < -0.4 is 4.72 Å². The van der Waals surface area contributed by atoms with E-state index in [1.165, 1.54) is 4.31 Å². The van der Waals surface area contributed by atoms with Gasteiger partial charge in [0.15, 0.2) is 0 Å². The Morgan fingerprint density at radius 3 is 2.72 bits per heavy atom. The summed E-state index contributed by atoms with van der Waals surface area (Å²) >= 11 is 6.14. The van der Waals surface area contributed by atoms with Crippen LogP contribution in [0.2, 0.25) is 5.02 Å². The number of amides is 1. The third-order valence-corrected chi connectivity index (χ3v) is 7.31. The maximum atomic E-state index is 12.8. The number of fused-ring (bicyclic) bond motifs is 3. The highest BCUT2D eigenvalue weighted by atomic mass is 35.5. The molecule has 1 aromatic rings. The third-order valence-electron chi connectivity index (χ3n) is 5.48. The first-order valence-electron chi connectivity index (χ1n) is 8.79. The summed E-state index contributed by atoms with van der Waals surface area (Å²) in [5.74, 6) is -0.140. The molecule has 1 saturated carbocycles. The van der Waals surface area contributed by atoms with E-state index >= 15 is 0 Å². The molecule has 2 aliphatic heterocycles. The van der Waals surface area contributed by atoms with Crippen LogP contribution in [0.3, 0.4) is 0 Å². The van der Waals surface area contributed by atoms with E-state index in [-0.39, 0.29) is 31.1 Å². The van der Waals surface area contributed by atoms with E-state index in [4.69, 9.17) is 11.6 Å². The molecule has 2 heterocycles. The average molecular weight is 384 g/mol. The van der Waals surface area contributed by atoms with Crippen LogP contribution in [0.5, 0.6) is 0 Å². The topological polar surface area (TPSA) is 69.7 Å². The van der Waals surface area contributed by atoms with Gasteiger partial charge in [-0.05, 0) is 42.5 Å². The van der Waals surface area contributed by atoms with Gasteiger partial charge in [-0.1, -0.05) is 30.5 Å². The van der Waals surface area contributed by atoms with Crippen LogP contribution >= 0.6 is 11.6 Å². The number of rotatable bonds is 3. The van der Waals surface area contributed by atoms with Crippen molar-refractivity contribution in [1.29, 1.82) is 0 Å². The molecule has 0 bridgehead atoms. The summed E-state index contributed by atoms with van der Waals surface area (Å²) < 4.78 is 29.6. The Labute approximate surface area is 153 Å². The largest absolute Gasteiger partial charge is 0.333 e. The molecule has 0 aromatic heterocycles. The van der Waals surface area contributed by atoms with Crippen molar-refractivity contribution < 1.29 is 13.2 Å². The standard InChI is InChI=1S/C17H22ClN3O3S/c18-13-6-5-12-7-8-21-16(15(12)9-13)10-20(11-17(21)22)25(23,24)19-14-3-1-2-4-14/h5-6,9,14,16,19H,1-4,7-8,10-11H2. The lowest BCUT2D eigenvalue weighted by molar-refractivity contribution is -0.138. The Hall–Kier alpha value is -1.15. The maximum absolute atomic E-state index is 12.8. The molecule has 3 aliphatic rings. The fourth-order valence-electron chi connectivity index (χ4n) is 4.17. The van der Waals surface area contributed by atoms with Gasteiger partial charge in [0.25, 0.3) is 10.2 Å². The van der Waals surface area contributed by atoms with Crippen molar-refractivity contribution in [3.05, 3.63) is 34.3 Å². The van der Waals surface area contributed by atoms with Gasteiger partial charge in [-0.15, -0.1) is 0 Å². The Morgan fingerprint density at radius 1 is 1.20 bits per heavy atom. The normalized spacial score (nSPS) is 25.1. The highest BCUT2D eigenvalue weighted by molar-refractivity contribution is 7.87. The summed E-state index contributed by atoms with van der Waals surface area (Å²) in [7, 11) is -3.66. The Morgan fingerprint density at radius 2 is 1.96 bits per heavy atom. The lowest BCUT2D eigenvalue weighted by atomic mass is 9.91. The molecule has 136 valence electrons. The average Bonchev–Trinajstić information content (AvgIpc) is 3.06. The van der Waals surface area contributed by atoms with E-state index in [1.54, 1.807) is 4.90 Å². The molecule has 2 fully saturated rings. The van der Waals surface area contributed by atoms with Gasteiger partial charge in [-0.2, -0.15) is 17.4 Å². The second kappa shape index (κ2) is 6.54. The molecule has 1 saturated heterocycles. The highest BCUT2D eigenvalue weighted by Gasteiger charge is 2.41. The number of nitrogens with zero attached hydrogens (tertiary/aromatic N) is 2. The van der Waals surface area contributed by atoms with E-state index in [1.807, 2.05) is 18.2 Å². The molecule has 1 atom stereocenters. The molecule has 6 nitrogen and oxygen atoms in total. The molecular formula is C17H22ClN3O3S. The first kappa shape index (κ1) is 17.3. The number of carbonyl (C=O) groups excluding carboxylic acids is 1. The summed E-state index contributed by atoms with van der Waals surface area (Å²) in [5.41, 5.74) is 2.11. The second-order valence-electron chi connectivity index (χ2n) is 7.09. The predicted octanol–water partition coefficient (Wildman–Crippen LogP) is 1.86. The summed E-state index contributed by atoms with van der Waals surface area (Å²) in [6, 6.07) is 5.41. The molecule has 1 aliphatic carbocycles. The van der Waals surface area contributed by atoms with Gasteiger partial charge in [0.05, 0.1) is 12.6 Å². The van der Waals surface area contributed by atoms with Gasteiger partial charge in [-0.25, -0.2) is 0 Å². The summed E-state index contributed by atoms with van der Waals surface area (Å²) in [5, 5.41) is 0.608. The first-order valence-corrected chi connectivity index (χ1v) is 10.6. The first-order chi connectivity index (χ1) is 11.9. The van der Waals surface area contributed by atoms with Crippen LogP contribution in [-0.2, 0) is 21.4 Å². The van der Waals surface area contributed by atoms with Crippen molar-refractivity contribution in [2.75, 3.05) is 19.6 Å². The molecule has 1 amide bonds. The van der Waals surface area contributed by atoms with Crippen LogP contribution in [0, 0.1) is 0 Å². The van der Waals surface area contributed by atoms with E-state index in [2.05, 4.69) is 4.72 Å². The number of hydrogen-bond acceptors (Lipinski definition) is 3. The SMILES string of the molecule is O=C1CN(S(=O)(=O)NC2CCCC2)CC2c3cc(Cl)ccc3CCN12. The molecule has 0 spiro atoms. The number of halogens is 1. The van der Waals surface area contributed by atoms with E-state index in [9.17, 15) is 13.2 Å². The minimum absolute atomic E-state index is 0.00813. The van der Waals surface area contributed by atoms with Crippen LogP contribution in [-0.4, -0.2) is 49.2 Å². The zero-order chi connectivity index (χ0) is 17.6. The zero-order valence-electron chi connectivity index (χ0n) is 13.9. The van der Waals surface area contributed by atoms with Crippen molar-refractivity contribution in [2.45, 2.75) is 44.2 Å². The summed E-state index contributed by atoms with van der Waals surface area (Å²) in [6.45, 7) is 0.817. The third kappa shape index (κ3) is 3.30. The molecule has 25 heavy (non-hydrogen) atoms. The van der Waals surface area contributed by atoms with Crippen LogP contribution in [0.25, 0.3) is 0 Å². The van der Waals surface area contributed by atoms with Crippen molar-refractivity contribution in [3.8, 4) is 0 Å². The molecule has 1 unspecified atom stereocenters. The molecule has 4 rings (SSSR count). The molecule has 1 aromatic carbocycles. The van der Waals surface area contributed by atoms with Crippen molar-refractivity contribution in [3.63, 3.8) is 0 Å². The highest BCUT2D eigenvalue weighted by Crippen LogP contribution is 2.35. The number of piperazine rings is 1. The molecule has 1 N–H and O–H groups in total. The minimum atomic E-state index is -3.66. The quantitative estimate of drug-likeness (QED) is 0.866. The molecule has 8 heteroatoms. The zero-order valence-corrected chi connectivity index (χ0v) is 15.5. The van der Waals surface area contributed by atoms with Crippen LogP contribution in [0.4, 0.5) is 0 Å². The lowest BCUT2D eigenvalue weighted by Crippen LogP contribution is -2.58. The smallest absolute Gasteiger partial charge is 0.280 e. The van der Waals surface area contributed by atoms with Crippen LogP contribution in [0.15, 0.2) is 18.2 Å². The van der Waals surface area contributed by atoms with Gasteiger partial charge in [0.1, 0.15) is 0 Å².